The van der Waals surface area contributed by atoms with Crippen LogP contribution in [-0.4, -0.2) is 27.8 Å². The van der Waals surface area contributed by atoms with E-state index in [9.17, 15) is 0 Å². The van der Waals surface area contributed by atoms with E-state index in [2.05, 4.69) is 18.3 Å². The van der Waals surface area contributed by atoms with Crippen LogP contribution in [0.5, 0.6) is 11.5 Å². The summed E-state index contributed by atoms with van der Waals surface area (Å²) in [6, 6.07) is 6.01. The van der Waals surface area contributed by atoms with Gasteiger partial charge in [-0.25, -0.2) is 0 Å². The molecule has 1 N–H and O–H groups in total. The van der Waals surface area contributed by atoms with E-state index < -0.39 is 0 Å². The molecule has 0 spiro atoms. The maximum Gasteiger partial charge on any atom is 0.122 e. The van der Waals surface area contributed by atoms with Crippen molar-refractivity contribution in [3.05, 3.63) is 23.8 Å². The van der Waals surface area contributed by atoms with Gasteiger partial charge in [0.25, 0.3) is 0 Å². The molecule has 1 unspecified atom stereocenters. The van der Waals surface area contributed by atoms with E-state index in [4.69, 9.17) is 9.47 Å². The minimum absolute atomic E-state index is 0.507. The third-order valence-corrected chi connectivity index (χ3v) is 3.11. The third-order valence-electron chi connectivity index (χ3n) is 3.11. The van der Waals surface area contributed by atoms with Crippen molar-refractivity contribution in [2.24, 2.45) is 0 Å². The molecule has 1 aromatic rings. The summed E-state index contributed by atoms with van der Waals surface area (Å²) in [7, 11) is 5.39. The van der Waals surface area contributed by atoms with Gasteiger partial charge in [0.15, 0.2) is 0 Å². The lowest BCUT2D eigenvalue weighted by Gasteiger charge is -2.19. The van der Waals surface area contributed by atoms with Crippen LogP contribution in [0.2, 0.25) is 0 Å². The predicted octanol–water partition coefficient (Wildman–Crippen LogP) is 2.81. The van der Waals surface area contributed by atoms with Crippen molar-refractivity contribution in [2.75, 3.05) is 27.8 Å². The van der Waals surface area contributed by atoms with E-state index in [1.165, 1.54) is 5.56 Å². The van der Waals surface area contributed by atoms with Crippen molar-refractivity contribution in [3.8, 4) is 11.5 Å². The van der Waals surface area contributed by atoms with Crippen molar-refractivity contribution in [1.29, 1.82) is 0 Å². The summed E-state index contributed by atoms with van der Waals surface area (Å²) in [5.41, 5.74) is 1.24. The van der Waals surface area contributed by atoms with E-state index in [-0.39, 0.29) is 0 Å². The number of ether oxygens (including phenoxy) is 2. The molecular weight excluding hydrogens is 214 g/mol. The smallest absolute Gasteiger partial charge is 0.122 e. The first-order valence-corrected chi connectivity index (χ1v) is 6.13. The fourth-order valence-corrected chi connectivity index (χ4v) is 2.06. The molecule has 1 aromatic carbocycles. The van der Waals surface area contributed by atoms with Crippen molar-refractivity contribution < 1.29 is 9.47 Å². The first kappa shape index (κ1) is 13.8. The molecule has 17 heavy (non-hydrogen) atoms. The lowest BCUT2D eigenvalue weighted by molar-refractivity contribution is 0.392. The van der Waals surface area contributed by atoms with Crippen LogP contribution in [0.1, 0.15) is 31.2 Å². The van der Waals surface area contributed by atoms with Gasteiger partial charge in [-0.1, -0.05) is 6.92 Å². The molecular formula is C14H23NO2. The maximum atomic E-state index is 5.43. The van der Waals surface area contributed by atoms with E-state index in [0.29, 0.717) is 5.92 Å². The first-order valence-electron chi connectivity index (χ1n) is 6.13. The average Bonchev–Trinajstić information content (AvgIpc) is 2.39. The molecule has 0 radical (unpaired) electrons. The Morgan fingerprint density at radius 3 is 2.53 bits per heavy atom. The highest BCUT2D eigenvalue weighted by Gasteiger charge is 2.15. The van der Waals surface area contributed by atoms with Crippen LogP contribution < -0.4 is 14.8 Å². The summed E-state index contributed by atoms with van der Waals surface area (Å²) in [6.07, 6.45) is 2.21. The molecule has 0 saturated heterocycles. The zero-order valence-corrected chi connectivity index (χ0v) is 11.2. The van der Waals surface area contributed by atoms with Gasteiger partial charge in [-0.05, 0) is 50.6 Å². The molecule has 0 aromatic heterocycles. The maximum absolute atomic E-state index is 5.43. The van der Waals surface area contributed by atoms with Gasteiger partial charge in [0, 0.05) is 5.56 Å². The molecule has 0 aliphatic rings. The zero-order chi connectivity index (χ0) is 12.7. The number of methoxy groups -OCH3 is 2. The quantitative estimate of drug-likeness (QED) is 0.791. The highest BCUT2D eigenvalue weighted by atomic mass is 16.5. The largest absolute Gasteiger partial charge is 0.497 e. The standard InChI is InChI=1S/C14H23NO2/c1-5-11(8-9-15-2)13-10-12(16-3)6-7-14(13)17-4/h6-7,10-11,15H,5,8-9H2,1-4H3. The van der Waals surface area contributed by atoms with E-state index in [1.807, 2.05) is 19.2 Å². The SMILES string of the molecule is CCC(CCNC)c1cc(OC)ccc1OC. The third kappa shape index (κ3) is 3.63. The molecule has 96 valence electrons. The summed E-state index contributed by atoms with van der Waals surface area (Å²) in [4.78, 5) is 0. The average molecular weight is 237 g/mol. The Labute approximate surface area is 104 Å². The van der Waals surface area contributed by atoms with E-state index in [0.717, 1.165) is 30.9 Å². The Morgan fingerprint density at radius 2 is 2.00 bits per heavy atom. The molecule has 1 rings (SSSR count). The lowest BCUT2D eigenvalue weighted by Crippen LogP contribution is -2.12. The Kier molecular flexibility index (Phi) is 5.84. The minimum Gasteiger partial charge on any atom is -0.497 e. The number of nitrogens with one attached hydrogen (secondary N) is 1. The Balaban J connectivity index is 2.97. The second-order valence-corrected chi connectivity index (χ2v) is 4.11. The first-order chi connectivity index (χ1) is 8.26. The molecule has 0 bridgehead atoms. The molecule has 0 heterocycles. The van der Waals surface area contributed by atoms with Crippen molar-refractivity contribution in [1.82, 2.24) is 5.32 Å². The molecule has 3 heteroatoms. The minimum atomic E-state index is 0.507. The highest BCUT2D eigenvalue weighted by molar-refractivity contribution is 5.42. The summed E-state index contributed by atoms with van der Waals surface area (Å²) in [5, 5.41) is 3.20. The van der Waals surface area contributed by atoms with Crippen LogP contribution in [0.15, 0.2) is 18.2 Å². The van der Waals surface area contributed by atoms with Crippen molar-refractivity contribution in [3.63, 3.8) is 0 Å². The molecule has 0 aliphatic carbocycles. The van der Waals surface area contributed by atoms with Gasteiger partial charge in [0.1, 0.15) is 11.5 Å². The summed E-state index contributed by atoms with van der Waals surface area (Å²) >= 11 is 0. The normalized spacial score (nSPS) is 12.2. The Bertz CT molecular complexity index is 339. The topological polar surface area (TPSA) is 30.5 Å². The van der Waals surface area contributed by atoms with Crippen molar-refractivity contribution in [2.45, 2.75) is 25.7 Å². The second-order valence-electron chi connectivity index (χ2n) is 4.11. The van der Waals surface area contributed by atoms with E-state index in [1.54, 1.807) is 14.2 Å². The van der Waals surface area contributed by atoms with Crippen LogP contribution in [0.25, 0.3) is 0 Å². The molecule has 3 nitrogen and oxygen atoms in total. The fourth-order valence-electron chi connectivity index (χ4n) is 2.06. The fraction of sp³-hybridized carbons (Fsp3) is 0.571. The van der Waals surface area contributed by atoms with Crippen LogP contribution >= 0.6 is 0 Å². The van der Waals surface area contributed by atoms with Gasteiger partial charge in [0.2, 0.25) is 0 Å². The van der Waals surface area contributed by atoms with Crippen molar-refractivity contribution >= 4 is 0 Å². The van der Waals surface area contributed by atoms with Crippen LogP contribution in [-0.2, 0) is 0 Å². The van der Waals surface area contributed by atoms with Gasteiger partial charge < -0.3 is 14.8 Å². The Hall–Kier alpha value is -1.22. The van der Waals surface area contributed by atoms with Crippen LogP contribution in [0, 0.1) is 0 Å². The number of rotatable bonds is 7. The molecule has 1 atom stereocenters. The van der Waals surface area contributed by atoms with Crippen LogP contribution in [0.4, 0.5) is 0 Å². The second kappa shape index (κ2) is 7.17. The number of hydrogen-bond acceptors (Lipinski definition) is 3. The lowest BCUT2D eigenvalue weighted by atomic mass is 9.92. The van der Waals surface area contributed by atoms with Gasteiger partial charge in [-0.2, -0.15) is 0 Å². The van der Waals surface area contributed by atoms with E-state index >= 15 is 0 Å². The molecule has 0 amide bonds. The summed E-state index contributed by atoms with van der Waals surface area (Å²) < 4.78 is 10.7. The number of benzene rings is 1. The molecule has 0 saturated carbocycles. The Morgan fingerprint density at radius 1 is 1.24 bits per heavy atom. The summed E-state index contributed by atoms with van der Waals surface area (Å²) in [6.45, 7) is 3.22. The number of hydrogen-bond donors (Lipinski definition) is 1. The van der Waals surface area contributed by atoms with Gasteiger partial charge >= 0.3 is 0 Å². The van der Waals surface area contributed by atoms with Gasteiger partial charge in [0.05, 0.1) is 14.2 Å². The zero-order valence-electron chi connectivity index (χ0n) is 11.2. The molecule has 0 fully saturated rings. The monoisotopic (exact) mass is 237 g/mol. The van der Waals surface area contributed by atoms with Gasteiger partial charge in [-0.3, -0.25) is 0 Å². The van der Waals surface area contributed by atoms with Crippen LogP contribution in [0.3, 0.4) is 0 Å². The van der Waals surface area contributed by atoms with Gasteiger partial charge in [-0.15, -0.1) is 0 Å². The predicted molar refractivity (Wildman–Crippen MR) is 71.1 cm³/mol. The summed E-state index contributed by atoms with van der Waals surface area (Å²) in [5.74, 6) is 2.35. The highest BCUT2D eigenvalue weighted by Crippen LogP contribution is 2.34. The molecule has 0 aliphatic heterocycles.